The van der Waals surface area contributed by atoms with Gasteiger partial charge in [0.15, 0.2) is 0 Å². The molecule has 0 saturated heterocycles. The maximum atomic E-state index is 12.1. The highest BCUT2D eigenvalue weighted by Crippen LogP contribution is 2.30. The zero-order valence-electron chi connectivity index (χ0n) is 13.0. The van der Waals surface area contributed by atoms with Crippen molar-refractivity contribution in [3.8, 4) is 17.0 Å². The number of carbonyl (C=O) groups is 1. The standard InChI is InChI=1S/C15H21N5O2/c1-9(2)6-12(16)15(21)18-10-4-5-11(14(7-10)22-3)13-8-17-20-19-13/h4-5,7-9,12H,6,16H2,1-3H3,(H,18,21)(H,17,19,20). The van der Waals surface area contributed by atoms with Crippen molar-refractivity contribution >= 4 is 11.6 Å². The van der Waals surface area contributed by atoms with Crippen molar-refractivity contribution in [2.75, 3.05) is 12.4 Å². The number of rotatable bonds is 6. The molecule has 0 saturated carbocycles. The predicted octanol–water partition coefficient (Wildman–Crippen LogP) is 1.79. The number of carbonyl (C=O) groups excluding carboxylic acids is 1. The van der Waals surface area contributed by atoms with Crippen molar-refractivity contribution in [2.24, 2.45) is 11.7 Å². The molecule has 22 heavy (non-hydrogen) atoms. The Balaban J connectivity index is 2.15. The highest BCUT2D eigenvalue weighted by Gasteiger charge is 2.16. The summed E-state index contributed by atoms with van der Waals surface area (Å²) in [5.74, 6) is 0.763. The van der Waals surface area contributed by atoms with Crippen molar-refractivity contribution in [1.82, 2.24) is 15.4 Å². The van der Waals surface area contributed by atoms with Gasteiger partial charge in [0.1, 0.15) is 11.4 Å². The number of amides is 1. The molecular weight excluding hydrogens is 282 g/mol. The molecule has 1 amide bonds. The summed E-state index contributed by atoms with van der Waals surface area (Å²) in [5, 5.41) is 13.2. The van der Waals surface area contributed by atoms with Gasteiger partial charge >= 0.3 is 0 Å². The summed E-state index contributed by atoms with van der Waals surface area (Å²) in [7, 11) is 1.56. The lowest BCUT2D eigenvalue weighted by atomic mass is 10.0. The SMILES string of the molecule is COc1cc(NC(=O)C(N)CC(C)C)ccc1-c1cn[nH]n1. The van der Waals surface area contributed by atoms with E-state index in [1.165, 1.54) is 0 Å². The van der Waals surface area contributed by atoms with E-state index in [-0.39, 0.29) is 5.91 Å². The van der Waals surface area contributed by atoms with Gasteiger partial charge in [-0.1, -0.05) is 13.8 Å². The number of nitrogens with one attached hydrogen (secondary N) is 2. The molecule has 0 bridgehead atoms. The zero-order chi connectivity index (χ0) is 16.1. The van der Waals surface area contributed by atoms with Crippen LogP contribution in [0.2, 0.25) is 0 Å². The second-order valence-electron chi connectivity index (χ2n) is 5.50. The van der Waals surface area contributed by atoms with E-state index in [9.17, 15) is 4.79 Å². The fourth-order valence-corrected chi connectivity index (χ4v) is 2.16. The van der Waals surface area contributed by atoms with Crippen LogP contribution in [0.5, 0.6) is 5.75 Å². The molecule has 7 heteroatoms. The molecule has 1 atom stereocenters. The van der Waals surface area contributed by atoms with Crippen molar-refractivity contribution in [2.45, 2.75) is 26.3 Å². The van der Waals surface area contributed by atoms with Gasteiger partial charge < -0.3 is 15.8 Å². The summed E-state index contributed by atoms with van der Waals surface area (Å²) in [6.45, 7) is 4.06. The van der Waals surface area contributed by atoms with Crippen LogP contribution in [0.4, 0.5) is 5.69 Å². The molecule has 7 nitrogen and oxygen atoms in total. The minimum atomic E-state index is -0.527. The van der Waals surface area contributed by atoms with E-state index in [2.05, 4.69) is 20.7 Å². The summed E-state index contributed by atoms with van der Waals surface area (Å²) in [6, 6.07) is 4.82. The Kier molecular flexibility index (Phi) is 5.11. The van der Waals surface area contributed by atoms with Gasteiger partial charge in [0.2, 0.25) is 5.91 Å². The average Bonchev–Trinajstić information content (AvgIpc) is 3.00. The first-order valence-corrected chi connectivity index (χ1v) is 7.12. The van der Waals surface area contributed by atoms with Crippen LogP contribution in [0.3, 0.4) is 0 Å². The first kappa shape index (κ1) is 16.0. The molecule has 0 radical (unpaired) electrons. The smallest absolute Gasteiger partial charge is 0.241 e. The van der Waals surface area contributed by atoms with Crippen LogP contribution in [-0.2, 0) is 4.79 Å². The third-order valence-corrected chi connectivity index (χ3v) is 3.22. The van der Waals surface area contributed by atoms with Gasteiger partial charge in [0.25, 0.3) is 0 Å². The lowest BCUT2D eigenvalue weighted by Gasteiger charge is -2.15. The Hall–Kier alpha value is -2.41. The lowest BCUT2D eigenvalue weighted by Crippen LogP contribution is -2.36. The summed E-state index contributed by atoms with van der Waals surface area (Å²) < 4.78 is 5.35. The number of hydrogen-bond acceptors (Lipinski definition) is 5. The van der Waals surface area contributed by atoms with Crippen molar-refractivity contribution in [3.63, 3.8) is 0 Å². The van der Waals surface area contributed by atoms with Crippen LogP contribution in [0.15, 0.2) is 24.4 Å². The van der Waals surface area contributed by atoms with E-state index in [1.54, 1.807) is 25.4 Å². The third kappa shape index (κ3) is 3.82. The minimum Gasteiger partial charge on any atom is -0.496 e. The number of aromatic nitrogens is 3. The van der Waals surface area contributed by atoms with E-state index >= 15 is 0 Å². The van der Waals surface area contributed by atoms with E-state index in [1.807, 2.05) is 19.9 Å². The number of methoxy groups -OCH3 is 1. The van der Waals surface area contributed by atoms with Crippen molar-refractivity contribution in [1.29, 1.82) is 0 Å². The van der Waals surface area contributed by atoms with E-state index < -0.39 is 6.04 Å². The van der Waals surface area contributed by atoms with Crippen LogP contribution in [-0.4, -0.2) is 34.5 Å². The number of anilines is 1. The van der Waals surface area contributed by atoms with Crippen LogP contribution < -0.4 is 15.8 Å². The number of nitrogens with zero attached hydrogens (tertiary/aromatic N) is 2. The number of ether oxygens (including phenoxy) is 1. The van der Waals surface area contributed by atoms with E-state index in [4.69, 9.17) is 10.5 Å². The number of H-pyrrole nitrogens is 1. The quantitative estimate of drug-likeness (QED) is 0.754. The molecule has 1 heterocycles. The molecule has 0 aliphatic heterocycles. The topological polar surface area (TPSA) is 106 Å². The molecule has 1 aromatic carbocycles. The Morgan fingerprint density at radius 3 is 2.82 bits per heavy atom. The van der Waals surface area contributed by atoms with Crippen molar-refractivity contribution in [3.05, 3.63) is 24.4 Å². The fraction of sp³-hybridized carbons (Fsp3) is 0.400. The summed E-state index contributed by atoms with van der Waals surface area (Å²) in [5.41, 5.74) is 7.98. The third-order valence-electron chi connectivity index (χ3n) is 3.22. The van der Waals surface area contributed by atoms with Crippen LogP contribution in [0.1, 0.15) is 20.3 Å². The maximum absolute atomic E-state index is 12.1. The van der Waals surface area contributed by atoms with Crippen LogP contribution >= 0.6 is 0 Å². The van der Waals surface area contributed by atoms with Gasteiger partial charge in [0, 0.05) is 17.3 Å². The summed E-state index contributed by atoms with van der Waals surface area (Å²) in [4.78, 5) is 12.1. The number of aromatic amines is 1. The summed E-state index contributed by atoms with van der Waals surface area (Å²) in [6.07, 6.45) is 2.24. The molecule has 2 aromatic rings. The molecule has 0 aliphatic rings. The first-order valence-electron chi connectivity index (χ1n) is 7.12. The Morgan fingerprint density at radius 1 is 1.45 bits per heavy atom. The minimum absolute atomic E-state index is 0.204. The van der Waals surface area contributed by atoms with Gasteiger partial charge in [-0.25, -0.2) is 0 Å². The highest BCUT2D eigenvalue weighted by molar-refractivity contribution is 5.95. The maximum Gasteiger partial charge on any atom is 0.241 e. The molecule has 0 spiro atoms. The van der Waals surface area contributed by atoms with Crippen LogP contribution in [0, 0.1) is 5.92 Å². The molecule has 1 unspecified atom stereocenters. The van der Waals surface area contributed by atoms with E-state index in [0.29, 0.717) is 29.5 Å². The Bertz CT molecular complexity index is 625. The largest absolute Gasteiger partial charge is 0.496 e. The number of hydrogen-bond donors (Lipinski definition) is 3. The Morgan fingerprint density at radius 2 is 2.23 bits per heavy atom. The molecule has 1 aromatic heterocycles. The molecule has 118 valence electrons. The van der Waals surface area contributed by atoms with Gasteiger partial charge in [0.05, 0.1) is 19.3 Å². The molecule has 4 N–H and O–H groups in total. The zero-order valence-corrected chi connectivity index (χ0v) is 13.0. The summed E-state index contributed by atoms with van der Waals surface area (Å²) >= 11 is 0. The second kappa shape index (κ2) is 7.04. The van der Waals surface area contributed by atoms with Crippen LogP contribution in [0.25, 0.3) is 11.3 Å². The van der Waals surface area contributed by atoms with Gasteiger partial charge in [-0.05, 0) is 24.5 Å². The molecule has 0 fully saturated rings. The fourth-order valence-electron chi connectivity index (χ4n) is 2.16. The first-order chi connectivity index (χ1) is 10.5. The molecule has 0 aliphatic carbocycles. The van der Waals surface area contributed by atoms with Gasteiger partial charge in [-0.3, -0.25) is 4.79 Å². The normalized spacial score (nSPS) is 12.2. The Labute approximate surface area is 129 Å². The molecule has 2 rings (SSSR count). The number of nitrogens with two attached hydrogens (primary N) is 1. The average molecular weight is 303 g/mol. The number of benzene rings is 1. The van der Waals surface area contributed by atoms with E-state index in [0.717, 1.165) is 5.56 Å². The second-order valence-corrected chi connectivity index (χ2v) is 5.50. The van der Waals surface area contributed by atoms with Gasteiger partial charge in [-0.2, -0.15) is 15.4 Å². The highest BCUT2D eigenvalue weighted by atomic mass is 16.5. The van der Waals surface area contributed by atoms with Gasteiger partial charge in [-0.15, -0.1) is 0 Å². The predicted molar refractivity (Wildman–Crippen MR) is 84.4 cm³/mol. The molecular formula is C15H21N5O2. The lowest BCUT2D eigenvalue weighted by molar-refractivity contribution is -0.117. The monoisotopic (exact) mass is 303 g/mol. The van der Waals surface area contributed by atoms with Crippen molar-refractivity contribution < 1.29 is 9.53 Å².